The molecule has 1 atom stereocenters. The number of rotatable bonds is 5. The first-order chi connectivity index (χ1) is 10.3. The molecule has 6 heteroatoms. The monoisotopic (exact) mass is 290 g/mol. The van der Waals surface area contributed by atoms with Gasteiger partial charge in [-0.25, -0.2) is 0 Å². The molecule has 0 aromatic carbocycles. The molecule has 21 heavy (non-hydrogen) atoms. The first-order valence-corrected chi connectivity index (χ1v) is 7.51. The molecule has 0 unspecified atom stereocenters. The lowest BCUT2D eigenvalue weighted by molar-refractivity contribution is 0.0548. The van der Waals surface area contributed by atoms with Gasteiger partial charge < -0.3 is 9.26 Å². The van der Waals surface area contributed by atoms with Crippen LogP contribution in [0.2, 0.25) is 0 Å². The highest BCUT2D eigenvalue weighted by atomic mass is 16.5. The van der Waals surface area contributed by atoms with E-state index in [1.165, 1.54) is 5.69 Å². The van der Waals surface area contributed by atoms with E-state index in [0.29, 0.717) is 6.04 Å². The van der Waals surface area contributed by atoms with Crippen LogP contribution in [-0.4, -0.2) is 39.1 Å². The van der Waals surface area contributed by atoms with Gasteiger partial charge in [0.25, 0.3) is 0 Å². The predicted molar refractivity (Wildman–Crippen MR) is 77.6 cm³/mol. The fraction of sp³-hybridized carbons (Fsp3) is 0.600. The summed E-state index contributed by atoms with van der Waals surface area (Å²) in [6, 6.07) is 4.47. The van der Waals surface area contributed by atoms with Gasteiger partial charge in [-0.1, -0.05) is 5.16 Å². The molecule has 0 saturated heterocycles. The second-order valence-electron chi connectivity index (χ2n) is 5.48. The molecular formula is C15H22N4O2. The summed E-state index contributed by atoms with van der Waals surface area (Å²) in [4.78, 5) is 2.41. The van der Waals surface area contributed by atoms with E-state index in [2.05, 4.69) is 25.9 Å². The molecule has 1 aliphatic rings. The SMILES string of the molecule is CCOC[C@@H]1CCn2nccc2CN1Cc1cc(C)on1. The van der Waals surface area contributed by atoms with Gasteiger partial charge in [0.05, 0.1) is 18.0 Å². The molecule has 0 aliphatic carbocycles. The van der Waals surface area contributed by atoms with Gasteiger partial charge in [0, 0.05) is 44.5 Å². The molecular weight excluding hydrogens is 268 g/mol. The number of nitrogens with zero attached hydrogens (tertiary/aromatic N) is 4. The average molecular weight is 290 g/mol. The highest BCUT2D eigenvalue weighted by molar-refractivity contribution is 5.07. The molecule has 0 amide bonds. The zero-order valence-corrected chi connectivity index (χ0v) is 12.7. The van der Waals surface area contributed by atoms with Gasteiger partial charge in [0.2, 0.25) is 0 Å². The Morgan fingerprint density at radius 1 is 1.48 bits per heavy atom. The minimum absolute atomic E-state index is 0.378. The first-order valence-electron chi connectivity index (χ1n) is 7.51. The van der Waals surface area contributed by atoms with Crippen LogP contribution in [0.15, 0.2) is 22.9 Å². The van der Waals surface area contributed by atoms with Gasteiger partial charge in [-0.05, 0) is 26.3 Å². The number of ether oxygens (including phenoxy) is 1. The molecule has 6 nitrogen and oxygen atoms in total. The highest BCUT2D eigenvalue weighted by Crippen LogP contribution is 2.20. The Morgan fingerprint density at radius 2 is 2.38 bits per heavy atom. The van der Waals surface area contributed by atoms with E-state index >= 15 is 0 Å². The Labute approximate surface area is 124 Å². The molecule has 0 radical (unpaired) electrons. The topological polar surface area (TPSA) is 56.3 Å². The van der Waals surface area contributed by atoms with Crippen molar-refractivity contribution in [2.45, 2.75) is 45.9 Å². The maximum atomic E-state index is 5.66. The Morgan fingerprint density at radius 3 is 3.14 bits per heavy atom. The Hall–Kier alpha value is -1.66. The van der Waals surface area contributed by atoms with Crippen LogP contribution in [0.25, 0.3) is 0 Å². The van der Waals surface area contributed by atoms with Crippen molar-refractivity contribution in [2.24, 2.45) is 0 Å². The summed E-state index contributed by atoms with van der Waals surface area (Å²) in [6.45, 7) is 8.03. The van der Waals surface area contributed by atoms with E-state index in [1.54, 1.807) is 0 Å². The fourth-order valence-electron chi connectivity index (χ4n) is 2.81. The van der Waals surface area contributed by atoms with Crippen LogP contribution in [0, 0.1) is 6.92 Å². The number of aromatic nitrogens is 3. The van der Waals surface area contributed by atoms with Crippen LogP contribution < -0.4 is 0 Å². The van der Waals surface area contributed by atoms with Gasteiger partial charge in [-0.2, -0.15) is 5.10 Å². The summed E-state index contributed by atoms with van der Waals surface area (Å²) in [6.07, 6.45) is 2.90. The second-order valence-corrected chi connectivity index (χ2v) is 5.48. The zero-order chi connectivity index (χ0) is 14.7. The van der Waals surface area contributed by atoms with Crippen molar-refractivity contribution in [3.05, 3.63) is 35.5 Å². The van der Waals surface area contributed by atoms with Crippen molar-refractivity contribution in [1.82, 2.24) is 19.8 Å². The standard InChI is InChI=1S/C15H22N4O2/c1-3-20-11-15-5-7-19-14(4-6-16-19)10-18(15)9-13-8-12(2)21-17-13/h4,6,8,15H,3,5,7,9-11H2,1-2H3/t15-/m0/s1. The molecule has 0 N–H and O–H groups in total. The van der Waals surface area contributed by atoms with Gasteiger partial charge in [-0.3, -0.25) is 9.58 Å². The lowest BCUT2D eigenvalue weighted by Crippen LogP contribution is -2.37. The largest absolute Gasteiger partial charge is 0.380 e. The number of hydrogen-bond acceptors (Lipinski definition) is 5. The van der Waals surface area contributed by atoms with Gasteiger partial charge in [0.1, 0.15) is 5.76 Å². The third kappa shape index (κ3) is 3.33. The molecule has 3 heterocycles. The normalized spacial score (nSPS) is 19.4. The maximum absolute atomic E-state index is 5.66. The molecule has 2 aromatic heterocycles. The smallest absolute Gasteiger partial charge is 0.133 e. The second kappa shape index (κ2) is 6.41. The predicted octanol–water partition coefficient (Wildman–Crippen LogP) is 1.99. The van der Waals surface area contributed by atoms with Gasteiger partial charge in [-0.15, -0.1) is 0 Å². The summed E-state index contributed by atoms with van der Waals surface area (Å²) < 4.78 is 12.9. The maximum Gasteiger partial charge on any atom is 0.133 e. The van der Waals surface area contributed by atoms with Crippen molar-refractivity contribution in [3.8, 4) is 0 Å². The van der Waals surface area contributed by atoms with E-state index in [1.807, 2.05) is 26.1 Å². The molecule has 1 aliphatic heterocycles. The quantitative estimate of drug-likeness (QED) is 0.843. The Kier molecular flexibility index (Phi) is 4.36. The van der Waals surface area contributed by atoms with Gasteiger partial charge in [0.15, 0.2) is 0 Å². The van der Waals surface area contributed by atoms with E-state index in [0.717, 1.165) is 50.7 Å². The minimum Gasteiger partial charge on any atom is -0.380 e. The molecule has 0 fully saturated rings. The third-order valence-corrected chi connectivity index (χ3v) is 3.92. The van der Waals surface area contributed by atoms with Crippen LogP contribution in [0.5, 0.6) is 0 Å². The molecule has 0 bridgehead atoms. The van der Waals surface area contributed by atoms with E-state index < -0.39 is 0 Å². The number of hydrogen-bond donors (Lipinski definition) is 0. The number of aryl methyl sites for hydroxylation is 2. The molecule has 0 saturated carbocycles. The van der Waals surface area contributed by atoms with E-state index in [-0.39, 0.29) is 0 Å². The van der Waals surface area contributed by atoms with Crippen LogP contribution in [0.4, 0.5) is 0 Å². The third-order valence-electron chi connectivity index (χ3n) is 3.92. The van der Waals surface area contributed by atoms with Crippen molar-refractivity contribution in [1.29, 1.82) is 0 Å². The zero-order valence-electron chi connectivity index (χ0n) is 12.7. The van der Waals surface area contributed by atoms with Crippen molar-refractivity contribution >= 4 is 0 Å². The molecule has 2 aromatic rings. The summed E-state index contributed by atoms with van der Waals surface area (Å²) in [5, 5.41) is 8.51. The molecule has 114 valence electrons. The van der Waals surface area contributed by atoms with Crippen LogP contribution >= 0.6 is 0 Å². The summed E-state index contributed by atoms with van der Waals surface area (Å²) in [5.41, 5.74) is 2.22. The number of fused-ring (bicyclic) bond motifs is 1. The van der Waals surface area contributed by atoms with Crippen LogP contribution in [0.3, 0.4) is 0 Å². The average Bonchev–Trinajstić information content (AvgIpc) is 3.04. The van der Waals surface area contributed by atoms with E-state index in [9.17, 15) is 0 Å². The summed E-state index contributed by atoms with van der Waals surface area (Å²) in [5.74, 6) is 0.853. The molecule has 0 spiro atoms. The van der Waals surface area contributed by atoms with Crippen molar-refractivity contribution in [3.63, 3.8) is 0 Å². The highest BCUT2D eigenvalue weighted by Gasteiger charge is 2.25. The van der Waals surface area contributed by atoms with Crippen LogP contribution in [0.1, 0.15) is 30.5 Å². The van der Waals surface area contributed by atoms with Crippen molar-refractivity contribution in [2.75, 3.05) is 13.2 Å². The lowest BCUT2D eigenvalue weighted by atomic mass is 10.1. The van der Waals surface area contributed by atoms with Crippen LogP contribution in [-0.2, 0) is 24.4 Å². The summed E-state index contributed by atoms with van der Waals surface area (Å²) >= 11 is 0. The minimum atomic E-state index is 0.378. The Balaban J connectivity index is 1.76. The van der Waals surface area contributed by atoms with Gasteiger partial charge >= 0.3 is 0 Å². The summed E-state index contributed by atoms with van der Waals surface area (Å²) in [7, 11) is 0. The molecule has 3 rings (SSSR count). The van der Waals surface area contributed by atoms with E-state index in [4.69, 9.17) is 9.26 Å². The Bertz CT molecular complexity index is 578. The lowest BCUT2D eigenvalue weighted by Gasteiger charge is -2.28. The van der Waals surface area contributed by atoms with Crippen molar-refractivity contribution < 1.29 is 9.26 Å². The fourth-order valence-corrected chi connectivity index (χ4v) is 2.81. The first kappa shape index (κ1) is 14.3.